The molecule has 0 aliphatic carbocycles. The largest absolute Gasteiger partial charge is 0.550 e. The average Bonchev–Trinajstić information content (AvgIpc) is 2.71. The van der Waals surface area contributed by atoms with E-state index in [4.69, 9.17) is 0 Å². The molecule has 28 heteroatoms. The van der Waals surface area contributed by atoms with Gasteiger partial charge >= 0.3 is 75.2 Å². The molecule has 4 nitrogen and oxygen atoms in total. The molecule has 0 spiro atoms. The van der Waals surface area contributed by atoms with E-state index in [9.17, 15) is 110 Å². The minimum Gasteiger partial charge on any atom is -0.192 e. The standard InChI is InChI=1S/C11H2F23NO3S/c12-1(13,2(14,15)4(18,19)6(22,23)8(26,27)10(30,31)32)3(16,17)5(20,21)7(24,25)9(28,29)11(33,34)39(36,37)38-35/h35H2/q+1. The Balaban J connectivity index is 7.34. The number of nitrogens with two attached hydrogens (primary N) is 1. The molecule has 0 rings (SSSR count). The number of hydrogen-bond donors (Lipinski definition) is 1. The van der Waals surface area contributed by atoms with Gasteiger partial charge in [0.15, 0.2) is 0 Å². The number of halogens is 23. The van der Waals surface area contributed by atoms with Gasteiger partial charge in [-0.1, -0.05) is 0 Å². The predicted molar refractivity (Wildman–Crippen MR) is 69.5 cm³/mol. The van der Waals surface area contributed by atoms with Crippen LogP contribution in [0.5, 0.6) is 0 Å². The van der Waals surface area contributed by atoms with E-state index in [0.29, 0.717) is 0 Å². The molecular formula is C11H2F23NO3S+. The van der Waals surface area contributed by atoms with Crippen molar-refractivity contribution in [1.82, 2.24) is 0 Å². The molecule has 1 radical (unpaired) electrons. The minimum atomic E-state index is -9.57. The number of alkyl halides is 23. The zero-order chi connectivity index (χ0) is 32.7. The molecule has 0 saturated heterocycles. The fourth-order valence-corrected chi connectivity index (χ4v) is 2.52. The average molecular weight is 665 g/mol. The first kappa shape index (κ1) is 37.4. The van der Waals surface area contributed by atoms with E-state index in [-0.39, 0.29) is 0 Å². The highest BCUT2D eigenvalue weighted by molar-refractivity contribution is 7.94. The van der Waals surface area contributed by atoms with Crippen molar-refractivity contribution < 1.29 is 114 Å². The van der Waals surface area contributed by atoms with Gasteiger partial charge in [-0.25, -0.2) is 0 Å². The molecule has 235 valence electrons. The summed E-state index contributed by atoms with van der Waals surface area (Å²) < 4.78 is 324. The van der Waals surface area contributed by atoms with Gasteiger partial charge in [0.05, 0.1) is 4.55 Å². The SMILES string of the molecule is NO[S+]([O])(=O)C(F)(F)C(F)(F)C(F)(F)C(F)(F)C(F)(F)C(F)(F)C(F)(F)C(F)(F)C(F)(F)C(F)(F)C(F)(F)F. The van der Waals surface area contributed by atoms with Crippen molar-refractivity contribution in [2.24, 2.45) is 5.90 Å². The molecule has 0 aliphatic rings. The summed E-state index contributed by atoms with van der Waals surface area (Å²) in [5, 5.41) is -8.04. The maximum absolute atomic E-state index is 13.5. The van der Waals surface area contributed by atoms with E-state index >= 15 is 0 Å². The Morgan fingerprint density at radius 2 is 0.564 bits per heavy atom. The van der Waals surface area contributed by atoms with Crippen LogP contribution in [0.25, 0.3) is 0 Å². The van der Waals surface area contributed by atoms with E-state index in [1.807, 2.05) is 4.28 Å². The molecule has 0 aromatic carbocycles. The highest BCUT2D eigenvalue weighted by atomic mass is 32.3. The lowest BCUT2D eigenvalue weighted by molar-refractivity contribution is -0.477. The lowest BCUT2D eigenvalue weighted by Gasteiger charge is -2.44. The molecule has 39 heavy (non-hydrogen) atoms. The smallest absolute Gasteiger partial charge is 0.192 e. The van der Waals surface area contributed by atoms with Crippen LogP contribution >= 0.6 is 0 Å². The Kier molecular flexibility index (Phi) is 8.59. The molecule has 2 N–H and O–H groups in total. The third kappa shape index (κ3) is 4.28. The van der Waals surface area contributed by atoms with Crippen molar-refractivity contribution in [1.29, 1.82) is 0 Å². The molecule has 0 saturated carbocycles. The monoisotopic (exact) mass is 665 g/mol. The zero-order valence-corrected chi connectivity index (χ0v) is 17.2. The first-order valence-electron chi connectivity index (χ1n) is 7.79. The molecule has 0 aromatic heterocycles. The maximum atomic E-state index is 13.5. The van der Waals surface area contributed by atoms with Gasteiger partial charge in [0, 0.05) is 0 Å². The maximum Gasteiger partial charge on any atom is 0.550 e. The topological polar surface area (TPSA) is 72.2 Å². The third-order valence-electron chi connectivity index (χ3n) is 4.32. The molecule has 0 fully saturated rings. The van der Waals surface area contributed by atoms with Gasteiger partial charge in [-0.2, -0.15) is 98.1 Å². The van der Waals surface area contributed by atoms with Crippen molar-refractivity contribution in [3.8, 4) is 0 Å². The Bertz CT molecular complexity index is 969. The summed E-state index contributed by atoms with van der Waals surface area (Å²) >= 11 is 0. The molecule has 0 aliphatic heterocycles. The Hall–Kier alpha value is -1.58. The summed E-state index contributed by atoms with van der Waals surface area (Å²) in [5.41, 5.74) is 0. The quantitative estimate of drug-likeness (QED) is 0.156. The Morgan fingerprint density at radius 1 is 0.385 bits per heavy atom. The van der Waals surface area contributed by atoms with E-state index in [0.717, 1.165) is 0 Å². The fourth-order valence-electron chi connectivity index (χ4n) is 1.96. The second-order valence-electron chi connectivity index (χ2n) is 6.73. The second-order valence-corrected chi connectivity index (χ2v) is 8.35. The first-order chi connectivity index (χ1) is 16.3. The lowest BCUT2D eigenvalue weighted by Crippen LogP contribution is -2.78. The van der Waals surface area contributed by atoms with Gasteiger partial charge in [-0.05, 0) is 8.49 Å². The molecule has 0 bridgehead atoms. The molecule has 1 unspecified atom stereocenters. The summed E-state index contributed by atoms with van der Waals surface area (Å²) in [5.74, 6) is -79.7. The van der Waals surface area contributed by atoms with Crippen LogP contribution < -0.4 is 5.90 Å². The van der Waals surface area contributed by atoms with E-state index in [1.165, 1.54) is 0 Å². The lowest BCUT2D eigenvalue weighted by atomic mass is 9.86. The summed E-state index contributed by atoms with van der Waals surface area (Å²) in [6.45, 7) is 0. The van der Waals surface area contributed by atoms with Crippen molar-refractivity contribution >= 4 is 10.5 Å². The summed E-state index contributed by atoms with van der Waals surface area (Å²) in [7, 11) is -7.89. The van der Waals surface area contributed by atoms with Crippen LogP contribution in [0.2, 0.25) is 0 Å². The van der Waals surface area contributed by atoms with E-state index in [2.05, 4.69) is 5.90 Å². The zero-order valence-electron chi connectivity index (χ0n) is 16.4. The normalized spacial score (nSPS) is 18.3. The van der Waals surface area contributed by atoms with Crippen molar-refractivity contribution in [2.45, 2.75) is 64.7 Å². The Labute approximate surface area is 196 Å². The van der Waals surface area contributed by atoms with Crippen molar-refractivity contribution in [3.63, 3.8) is 0 Å². The van der Waals surface area contributed by atoms with Crippen LogP contribution in [-0.4, -0.2) is 64.7 Å². The predicted octanol–water partition coefficient (Wildman–Crippen LogP) is 6.51. The highest BCUT2D eigenvalue weighted by Gasteiger charge is 3.00. The van der Waals surface area contributed by atoms with Gasteiger partial charge in [-0.3, -0.25) is 0 Å². The number of hydrogen-bond acceptors (Lipinski definition) is 3. The van der Waals surface area contributed by atoms with E-state index < -0.39 is 75.2 Å². The van der Waals surface area contributed by atoms with Gasteiger partial charge in [0.2, 0.25) is 0 Å². The van der Waals surface area contributed by atoms with Crippen LogP contribution in [0, 0.1) is 0 Å². The van der Waals surface area contributed by atoms with Gasteiger partial charge in [-0.15, -0.1) is 8.78 Å². The van der Waals surface area contributed by atoms with Crippen LogP contribution in [0.4, 0.5) is 101 Å². The molecular weight excluding hydrogens is 663 g/mol. The Morgan fingerprint density at radius 3 is 0.744 bits per heavy atom. The highest BCUT2D eigenvalue weighted by Crippen LogP contribution is 2.67. The second kappa shape index (κ2) is 8.96. The fraction of sp³-hybridized carbons (Fsp3) is 1.00. The van der Waals surface area contributed by atoms with Crippen molar-refractivity contribution in [3.05, 3.63) is 0 Å². The van der Waals surface area contributed by atoms with Gasteiger partial charge < -0.3 is 0 Å². The summed E-state index contributed by atoms with van der Waals surface area (Å²) in [6.07, 6.45) is -8.16. The van der Waals surface area contributed by atoms with Crippen LogP contribution in [-0.2, 0) is 23.5 Å². The van der Waals surface area contributed by atoms with Crippen LogP contribution in [0.15, 0.2) is 0 Å². The number of rotatable bonds is 11. The molecule has 0 amide bonds. The van der Waals surface area contributed by atoms with Crippen molar-refractivity contribution in [2.75, 3.05) is 0 Å². The van der Waals surface area contributed by atoms with E-state index in [1.54, 1.807) is 0 Å². The minimum absolute atomic E-state index is 2.01. The molecule has 1 atom stereocenters. The molecule has 0 heterocycles. The summed E-state index contributed by atoms with van der Waals surface area (Å²) in [4.78, 5) is 0. The van der Waals surface area contributed by atoms with Gasteiger partial charge in [0.1, 0.15) is 0 Å². The summed E-state index contributed by atoms with van der Waals surface area (Å²) in [6, 6.07) is 0. The third-order valence-corrected chi connectivity index (χ3v) is 5.45. The molecule has 0 aromatic rings. The van der Waals surface area contributed by atoms with Gasteiger partial charge in [0.25, 0.3) is 0 Å². The van der Waals surface area contributed by atoms with Crippen LogP contribution in [0.1, 0.15) is 0 Å². The first-order valence-corrected chi connectivity index (χ1v) is 9.19. The van der Waals surface area contributed by atoms with Crippen LogP contribution in [0.3, 0.4) is 0 Å².